The van der Waals surface area contributed by atoms with Crippen molar-refractivity contribution in [2.75, 3.05) is 13.1 Å². The van der Waals surface area contributed by atoms with Gasteiger partial charge in [0.25, 0.3) is 0 Å². The quantitative estimate of drug-likeness (QED) is 0.694. The lowest BCUT2D eigenvalue weighted by molar-refractivity contribution is 0.421. The minimum atomic E-state index is -3.36. The van der Waals surface area contributed by atoms with E-state index in [0.29, 0.717) is 13.1 Å². The van der Waals surface area contributed by atoms with Crippen LogP contribution in [0.5, 0.6) is 0 Å². The minimum Gasteiger partial charge on any atom is -0.211 e. The molecular weight excluding hydrogens is 200 g/mol. The molecule has 5 heteroatoms. The van der Waals surface area contributed by atoms with Crippen molar-refractivity contribution in [3.8, 4) is 6.07 Å². The van der Waals surface area contributed by atoms with Crippen molar-refractivity contribution in [1.29, 1.82) is 5.26 Å². The number of sulfonamides is 1. The van der Waals surface area contributed by atoms with Crippen LogP contribution in [0, 0.1) is 11.3 Å². The number of nitrogens with zero attached hydrogens (tertiary/aromatic N) is 2. The fraction of sp³-hybridized carbons (Fsp3) is 0.889. The zero-order valence-corrected chi connectivity index (χ0v) is 9.26. The van der Waals surface area contributed by atoms with E-state index in [1.54, 1.807) is 6.07 Å². The maximum atomic E-state index is 11.8. The third-order valence-corrected chi connectivity index (χ3v) is 4.64. The Hall–Kier alpha value is -0.600. The van der Waals surface area contributed by atoms with Gasteiger partial charge < -0.3 is 0 Å². The molecule has 0 radical (unpaired) electrons. The summed E-state index contributed by atoms with van der Waals surface area (Å²) in [7, 11) is -3.36. The lowest BCUT2D eigenvalue weighted by Gasteiger charge is -2.20. The summed E-state index contributed by atoms with van der Waals surface area (Å²) < 4.78 is 25.0. The van der Waals surface area contributed by atoms with Crippen LogP contribution >= 0.6 is 0 Å². The standard InChI is InChI=1S/C9H16N2O2S/c1-9(8-10)14(12,13)11-6-4-2-3-5-7-11/h9H,2-7H2,1H3. The van der Waals surface area contributed by atoms with Crippen LogP contribution in [-0.2, 0) is 10.0 Å². The Morgan fingerprint density at radius 1 is 1.21 bits per heavy atom. The summed E-state index contributed by atoms with van der Waals surface area (Å²) in [5.74, 6) is 0. The van der Waals surface area contributed by atoms with Crippen LogP contribution < -0.4 is 0 Å². The summed E-state index contributed by atoms with van der Waals surface area (Å²) in [6.45, 7) is 2.60. The second-order valence-electron chi connectivity index (χ2n) is 3.63. The molecule has 1 aliphatic heterocycles. The lowest BCUT2D eigenvalue weighted by atomic mass is 10.2. The first-order valence-electron chi connectivity index (χ1n) is 4.97. The van der Waals surface area contributed by atoms with Gasteiger partial charge in [-0.1, -0.05) is 12.8 Å². The van der Waals surface area contributed by atoms with Gasteiger partial charge >= 0.3 is 0 Å². The minimum absolute atomic E-state index is 0.578. The van der Waals surface area contributed by atoms with Gasteiger partial charge in [0.05, 0.1) is 6.07 Å². The van der Waals surface area contributed by atoms with Crippen LogP contribution in [0.2, 0.25) is 0 Å². The molecule has 0 spiro atoms. The van der Waals surface area contributed by atoms with E-state index in [1.165, 1.54) is 11.2 Å². The average Bonchev–Trinajstić information content (AvgIpc) is 2.44. The van der Waals surface area contributed by atoms with Crippen molar-refractivity contribution < 1.29 is 8.42 Å². The van der Waals surface area contributed by atoms with Crippen LogP contribution in [0.1, 0.15) is 32.6 Å². The molecule has 1 heterocycles. The van der Waals surface area contributed by atoms with E-state index in [4.69, 9.17) is 5.26 Å². The normalized spacial score (nSPS) is 22.3. The molecular formula is C9H16N2O2S. The van der Waals surface area contributed by atoms with Gasteiger partial charge in [-0.3, -0.25) is 0 Å². The van der Waals surface area contributed by atoms with E-state index >= 15 is 0 Å². The van der Waals surface area contributed by atoms with E-state index in [9.17, 15) is 8.42 Å². The second kappa shape index (κ2) is 4.76. The molecule has 0 amide bonds. The zero-order valence-electron chi connectivity index (χ0n) is 8.44. The van der Waals surface area contributed by atoms with Gasteiger partial charge in [-0.15, -0.1) is 0 Å². The smallest absolute Gasteiger partial charge is 0.211 e. The van der Waals surface area contributed by atoms with E-state index < -0.39 is 15.3 Å². The van der Waals surface area contributed by atoms with Crippen LogP contribution in [-0.4, -0.2) is 31.1 Å². The first-order chi connectivity index (χ1) is 6.59. The Morgan fingerprint density at radius 2 is 1.71 bits per heavy atom. The summed E-state index contributed by atoms with van der Waals surface area (Å²) in [4.78, 5) is 0. The summed E-state index contributed by atoms with van der Waals surface area (Å²) >= 11 is 0. The third kappa shape index (κ3) is 2.46. The fourth-order valence-corrected chi connectivity index (χ4v) is 2.93. The highest BCUT2D eigenvalue weighted by atomic mass is 32.2. The molecule has 0 aliphatic carbocycles. The van der Waals surface area contributed by atoms with E-state index in [1.807, 2.05) is 0 Å². The van der Waals surface area contributed by atoms with Gasteiger partial charge in [-0.05, 0) is 19.8 Å². The molecule has 1 rings (SSSR count). The summed E-state index contributed by atoms with van der Waals surface area (Å²) in [6.07, 6.45) is 4.01. The largest absolute Gasteiger partial charge is 0.230 e. The van der Waals surface area contributed by atoms with Crippen molar-refractivity contribution >= 4 is 10.0 Å². The average molecular weight is 216 g/mol. The Balaban J connectivity index is 2.76. The highest BCUT2D eigenvalue weighted by molar-refractivity contribution is 7.89. The van der Waals surface area contributed by atoms with E-state index in [-0.39, 0.29) is 0 Å². The number of rotatable bonds is 2. The number of hydrogen-bond acceptors (Lipinski definition) is 3. The van der Waals surface area contributed by atoms with Gasteiger partial charge in [0.1, 0.15) is 0 Å². The zero-order chi connectivity index (χ0) is 10.6. The molecule has 1 atom stereocenters. The predicted octanol–water partition coefficient (Wildman–Crippen LogP) is 1.10. The first-order valence-corrected chi connectivity index (χ1v) is 6.48. The Bertz CT molecular complexity index is 310. The molecule has 1 aliphatic rings. The van der Waals surface area contributed by atoms with Crippen molar-refractivity contribution in [2.45, 2.75) is 37.9 Å². The van der Waals surface area contributed by atoms with Gasteiger partial charge in [0.2, 0.25) is 10.0 Å². The van der Waals surface area contributed by atoms with E-state index in [2.05, 4.69) is 0 Å². The summed E-state index contributed by atoms with van der Waals surface area (Å²) in [5.41, 5.74) is 0. The van der Waals surface area contributed by atoms with Gasteiger partial charge in [-0.2, -0.15) is 5.26 Å². The van der Waals surface area contributed by atoms with Crippen molar-refractivity contribution in [2.24, 2.45) is 0 Å². The highest BCUT2D eigenvalue weighted by Gasteiger charge is 2.28. The molecule has 0 aromatic heterocycles. The topological polar surface area (TPSA) is 61.2 Å². The molecule has 80 valence electrons. The molecule has 1 unspecified atom stereocenters. The SMILES string of the molecule is CC(C#N)S(=O)(=O)N1CCCCCC1. The first kappa shape index (κ1) is 11.5. The fourth-order valence-electron chi connectivity index (χ4n) is 1.59. The molecule has 0 aromatic carbocycles. The predicted molar refractivity (Wildman–Crippen MR) is 54.0 cm³/mol. The van der Waals surface area contributed by atoms with Crippen molar-refractivity contribution in [3.05, 3.63) is 0 Å². The van der Waals surface area contributed by atoms with Gasteiger partial charge in [-0.25, -0.2) is 12.7 Å². The maximum Gasteiger partial charge on any atom is 0.230 e. The van der Waals surface area contributed by atoms with Crippen LogP contribution in [0.15, 0.2) is 0 Å². The molecule has 14 heavy (non-hydrogen) atoms. The van der Waals surface area contributed by atoms with Crippen molar-refractivity contribution in [1.82, 2.24) is 4.31 Å². The molecule has 4 nitrogen and oxygen atoms in total. The van der Waals surface area contributed by atoms with Crippen LogP contribution in [0.4, 0.5) is 0 Å². The van der Waals surface area contributed by atoms with Crippen LogP contribution in [0.25, 0.3) is 0 Å². The van der Waals surface area contributed by atoms with Gasteiger partial charge in [0.15, 0.2) is 5.25 Å². The molecule has 1 saturated heterocycles. The maximum absolute atomic E-state index is 11.8. The Morgan fingerprint density at radius 3 is 2.14 bits per heavy atom. The van der Waals surface area contributed by atoms with Crippen LogP contribution in [0.3, 0.4) is 0 Å². The Kier molecular flexibility index (Phi) is 3.90. The van der Waals surface area contributed by atoms with E-state index in [0.717, 1.165) is 25.7 Å². The Labute approximate surface area is 85.6 Å². The number of nitriles is 1. The molecule has 0 aromatic rings. The molecule has 0 bridgehead atoms. The lowest BCUT2D eigenvalue weighted by Crippen LogP contribution is -2.37. The van der Waals surface area contributed by atoms with Crippen molar-refractivity contribution in [3.63, 3.8) is 0 Å². The highest BCUT2D eigenvalue weighted by Crippen LogP contribution is 2.16. The van der Waals surface area contributed by atoms with Gasteiger partial charge in [0, 0.05) is 13.1 Å². The molecule has 1 fully saturated rings. The third-order valence-electron chi connectivity index (χ3n) is 2.55. The molecule has 0 saturated carbocycles. The molecule has 0 N–H and O–H groups in total. The summed E-state index contributed by atoms with van der Waals surface area (Å²) in [6, 6.07) is 1.79. The second-order valence-corrected chi connectivity index (χ2v) is 5.88. The number of hydrogen-bond donors (Lipinski definition) is 0. The monoisotopic (exact) mass is 216 g/mol. The summed E-state index contributed by atoms with van der Waals surface area (Å²) in [5, 5.41) is 7.70.